The molecule has 128 valence electrons. The van der Waals surface area contributed by atoms with Gasteiger partial charge in [0, 0.05) is 32.6 Å². The van der Waals surface area contributed by atoms with Crippen LogP contribution in [0.2, 0.25) is 20.1 Å². The Kier molecular flexibility index (Phi) is 5.87. The van der Waals surface area contributed by atoms with Gasteiger partial charge in [-0.2, -0.15) is 0 Å². The summed E-state index contributed by atoms with van der Waals surface area (Å²) in [7, 11) is 0. The Balaban J connectivity index is 1.73. The summed E-state index contributed by atoms with van der Waals surface area (Å²) in [5.41, 5.74) is 1.23. The minimum atomic E-state index is -0.344. The SMILES string of the molecule is O=C(Nc1ncc(Cc2cc(Cl)ccc2Cl)s1)c1ccc(Cl)cc1Cl. The van der Waals surface area contributed by atoms with Gasteiger partial charge in [-0.25, -0.2) is 4.98 Å². The number of carbonyl (C=O) groups is 1. The molecule has 0 aliphatic carbocycles. The van der Waals surface area contributed by atoms with Gasteiger partial charge >= 0.3 is 0 Å². The van der Waals surface area contributed by atoms with E-state index in [2.05, 4.69) is 10.3 Å². The van der Waals surface area contributed by atoms with E-state index in [0.717, 1.165) is 10.4 Å². The Hall–Kier alpha value is -1.30. The summed E-state index contributed by atoms with van der Waals surface area (Å²) in [5, 5.41) is 5.22. The van der Waals surface area contributed by atoms with Crippen molar-refractivity contribution in [3.8, 4) is 0 Å². The second kappa shape index (κ2) is 7.94. The van der Waals surface area contributed by atoms with Crippen LogP contribution >= 0.6 is 57.7 Å². The summed E-state index contributed by atoms with van der Waals surface area (Å²) in [6.07, 6.45) is 2.27. The maximum absolute atomic E-state index is 12.3. The molecule has 0 saturated carbocycles. The molecule has 0 unspecified atom stereocenters. The average molecular weight is 432 g/mol. The van der Waals surface area contributed by atoms with E-state index in [9.17, 15) is 4.79 Å². The van der Waals surface area contributed by atoms with Crippen molar-refractivity contribution >= 4 is 68.8 Å². The van der Waals surface area contributed by atoms with Gasteiger partial charge < -0.3 is 0 Å². The zero-order valence-corrected chi connectivity index (χ0v) is 16.4. The van der Waals surface area contributed by atoms with Gasteiger partial charge in [0.25, 0.3) is 5.91 Å². The molecule has 0 saturated heterocycles. The normalized spacial score (nSPS) is 10.7. The smallest absolute Gasteiger partial charge is 0.258 e. The molecule has 0 spiro atoms. The first-order valence-electron chi connectivity index (χ1n) is 7.07. The maximum Gasteiger partial charge on any atom is 0.258 e. The molecular formula is C17H10Cl4N2OS. The third kappa shape index (κ3) is 4.66. The van der Waals surface area contributed by atoms with Crippen molar-refractivity contribution in [1.29, 1.82) is 0 Å². The van der Waals surface area contributed by atoms with E-state index < -0.39 is 0 Å². The van der Waals surface area contributed by atoms with Crippen LogP contribution in [0.5, 0.6) is 0 Å². The minimum Gasteiger partial charge on any atom is -0.298 e. The van der Waals surface area contributed by atoms with Crippen molar-refractivity contribution in [1.82, 2.24) is 4.98 Å². The van der Waals surface area contributed by atoms with Gasteiger partial charge in [-0.15, -0.1) is 11.3 Å². The highest BCUT2D eigenvalue weighted by Gasteiger charge is 2.13. The van der Waals surface area contributed by atoms with Crippen LogP contribution in [0, 0.1) is 0 Å². The van der Waals surface area contributed by atoms with Crippen LogP contribution < -0.4 is 5.32 Å². The predicted molar refractivity (Wildman–Crippen MR) is 106 cm³/mol. The number of halogens is 4. The lowest BCUT2D eigenvalue weighted by Crippen LogP contribution is -2.12. The van der Waals surface area contributed by atoms with Crippen LogP contribution in [-0.4, -0.2) is 10.9 Å². The third-order valence-electron chi connectivity index (χ3n) is 3.32. The molecule has 8 heteroatoms. The molecule has 0 atom stereocenters. The number of hydrogen-bond acceptors (Lipinski definition) is 3. The third-order valence-corrected chi connectivity index (χ3v) is 5.39. The Morgan fingerprint density at radius 2 is 1.72 bits per heavy atom. The van der Waals surface area contributed by atoms with Crippen molar-refractivity contribution in [2.45, 2.75) is 6.42 Å². The summed E-state index contributed by atoms with van der Waals surface area (Å²) >= 11 is 25.4. The molecule has 2 aromatic carbocycles. The Labute approximate surface area is 168 Å². The van der Waals surface area contributed by atoms with E-state index in [1.807, 2.05) is 6.07 Å². The highest BCUT2D eigenvalue weighted by molar-refractivity contribution is 7.15. The molecule has 0 aliphatic rings. The predicted octanol–water partition coefficient (Wildman–Crippen LogP) is 6.60. The molecule has 3 nitrogen and oxygen atoms in total. The summed E-state index contributed by atoms with van der Waals surface area (Å²) in [6, 6.07) is 10.0. The molecule has 0 bridgehead atoms. The fourth-order valence-corrected chi connectivity index (χ4v) is 3.86. The lowest BCUT2D eigenvalue weighted by atomic mass is 10.1. The van der Waals surface area contributed by atoms with Gasteiger partial charge in [0.2, 0.25) is 0 Å². The van der Waals surface area contributed by atoms with Gasteiger partial charge in [-0.05, 0) is 42.0 Å². The number of anilines is 1. The molecule has 1 amide bonds. The van der Waals surface area contributed by atoms with Crippen LogP contribution in [-0.2, 0) is 6.42 Å². The molecular weight excluding hydrogens is 422 g/mol. The Morgan fingerprint density at radius 3 is 2.48 bits per heavy atom. The topological polar surface area (TPSA) is 42.0 Å². The number of nitrogens with zero attached hydrogens (tertiary/aromatic N) is 1. The lowest BCUT2D eigenvalue weighted by molar-refractivity contribution is 0.102. The second-order valence-electron chi connectivity index (χ2n) is 5.12. The summed E-state index contributed by atoms with van der Waals surface area (Å²) < 4.78 is 0. The maximum atomic E-state index is 12.3. The molecule has 3 rings (SSSR count). The van der Waals surface area contributed by atoms with E-state index in [-0.39, 0.29) is 10.9 Å². The van der Waals surface area contributed by atoms with Gasteiger partial charge in [0.15, 0.2) is 5.13 Å². The Bertz CT molecular complexity index is 942. The largest absolute Gasteiger partial charge is 0.298 e. The summed E-state index contributed by atoms with van der Waals surface area (Å²) in [5.74, 6) is -0.344. The van der Waals surface area contributed by atoms with Crippen molar-refractivity contribution in [2.75, 3.05) is 5.32 Å². The average Bonchev–Trinajstić information content (AvgIpc) is 2.97. The monoisotopic (exact) mass is 430 g/mol. The van der Waals surface area contributed by atoms with Crippen molar-refractivity contribution in [2.24, 2.45) is 0 Å². The highest BCUT2D eigenvalue weighted by atomic mass is 35.5. The number of rotatable bonds is 4. The molecule has 3 aromatic rings. The number of benzene rings is 2. The van der Waals surface area contributed by atoms with Crippen LogP contribution in [0.4, 0.5) is 5.13 Å². The number of thiazole rings is 1. The lowest BCUT2D eigenvalue weighted by Gasteiger charge is -2.04. The van der Waals surface area contributed by atoms with E-state index >= 15 is 0 Å². The number of nitrogens with one attached hydrogen (secondary N) is 1. The van der Waals surface area contributed by atoms with E-state index in [4.69, 9.17) is 46.4 Å². The molecule has 0 radical (unpaired) electrons. The quantitative estimate of drug-likeness (QED) is 0.505. The first-order chi connectivity index (χ1) is 11.9. The molecule has 0 aliphatic heterocycles. The van der Waals surface area contributed by atoms with Crippen LogP contribution in [0.3, 0.4) is 0 Å². The highest BCUT2D eigenvalue weighted by Crippen LogP contribution is 2.28. The van der Waals surface area contributed by atoms with Gasteiger partial charge in [0.05, 0.1) is 10.6 Å². The van der Waals surface area contributed by atoms with Gasteiger partial charge in [0.1, 0.15) is 0 Å². The summed E-state index contributed by atoms with van der Waals surface area (Å²) in [4.78, 5) is 17.5. The molecule has 1 heterocycles. The Morgan fingerprint density at radius 1 is 1.00 bits per heavy atom. The van der Waals surface area contributed by atoms with E-state index in [1.165, 1.54) is 17.4 Å². The van der Waals surface area contributed by atoms with E-state index in [1.54, 1.807) is 30.5 Å². The number of hydrogen-bond donors (Lipinski definition) is 1. The first-order valence-corrected chi connectivity index (χ1v) is 9.40. The number of carbonyl (C=O) groups excluding carboxylic acids is 1. The van der Waals surface area contributed by atoms with Gasteiger partial charge in [-0.1, -0.05) is 46.4 Å². The zero-order chi connectivity index (χ0) is 18.0. The van der Waals surface area contributed by atoms with Crippen LogP contribution in [0.25, 0.3) is 0 Å². The molecule has 0 fully saturated rings. The number of amides is 1. The zero-order valence-electron chi connectivity index (χ0n) is 12.5. The molecule has 1 aromatic heterocycles. The molecule has 25 heavy (non-hydrogen) atoms. The summed E-state index contributed by atoms with van der Waals surface area (Å²) in [6.45, 7) is 0. The molecule has 1 N–H and O–H groups in total. The van der Waals surface area contributed by atoms with Crippen molar-refractivity contribution in [3.63, 3.8) is 0 Å². The number of aromatic nitrogens is 1. The minimum absolute atomic E-state index is 0.285. The standard InChI is InChI=1S/C17H10Cl4N2OS/c18-10-2-4-14(20)9(5-10)6-12-8-22-17(25-12)23-16(24)13-3-1-11(19)7-15(13)21/h1-5,7-8H,6H2,(H,22,23,24). The van der Waals surface area contributed by atoms with Crippen molar-refractivity contribution < 1.29 is 4.79 Å². The van der Waals surface area contributed by atoms with Gasteiger partial charge in [-0.3, -0.25) is 10.1 Å². The fraction of sp³-hybridized carbons (Fsp3) is 0.0588. The second-order valence-corrected chi connectivity index (χ2v) is 7.92. The van der Waals surface area contributed by atoms with Crippen LogP contribution in [0.1, 0.15) is 20.8 Å². The fourth-order valence-electron chi connectivity index (χ4n) is 2.15. The van der Waals surface area contributed by atoms with Crippen molar-refractivity contribution in [3.05, 3.63) is 78.7 Å². The first kappa shape index (κ1) is 18.5. The van der Waals surface area contributed by atoms with Crippen LogP contribution in [0.15, 0.2) is 42.6 Å². The van der Waals surface area contributed by atoms with E-state index in [0.29, 0.717) is 32.2 Å².